The number of rotatable bonds is 5. The Kier molecular flexibility index (Phi) is 6.44. The van der Waals surface area contributed by atoms with Crippen LogP contribution in [0.3, 0.4) is 0 Å². The molecule has 1 saturated heterocycles. The molecule has 11 heteroatoms. The van der Waals surface area contributed by atoms with Crippen molar-refractivity contribution in [3.8, 4) is 0 Å². The minimum absolute atomic E-state index is 0.0556. The number of hydrogen-bond donors (Lipinski definition) is 2. The van der Waals surface area contributed by atoms with Crippen LogP contribution in [0.15, 0.2) is 62.8 Å². The fraction of sp³-hybridized carbons (Fsp3) is 0.278. The molecule has 8 nitrogen and oxygen atoms in total. The smallest absolute Gasteiger partial charge is 0.243 e. The van der Waals surface area contributed by atoms with Gasteiger partial charge in [0.05, 0.1) is 15.7 Å². The van der Waals surface area contributed by atoms with Crippen molar-refractivity contribution in [2.24, 2.45) is 11.1 Å². The molecule has 0 bridgehead atoms. The van der Waals surface area contributed by atoms with E-state index in [1.165, 1.54) is 40.7 Å². The maximum atomic E-state index is 12.9. The Hall–Kier alpha value is -1.79. The molecular weight excluding hydrogens is 482 g/mol. The van der Waals surface area contributed by atoms with Gasteiger partial charge in [0.25, 0.3) is 0 Å². The molecule has 156 valence electrons. The van der Waals surface area contributed by atoms with Gasteiger partial charge in [-0.2, -0.15) is 4.31 Å². The lowest BCUT2D eigenvalue weighted by Gasteiger charge is -2.31. The molecule has 1 fully saturated rings. The van der Waals surface area contributed by atoms with Gasteiger partial charge in [0.15, 0.2) is 0 Å². The zero-order chi connectivity index (χ0) is 21.2. The maximum absolute atomic E-state index is 12.9. The molecule has 2 aromatic rings. The summed E-state index contributed by atoms with van der Waals surface area (Å²) in [6.45, 7) is 0.435. The van der Waals surface area contributed by atoms with E-state index in [4.69, 9.17) is 5.14 Å². The molecule has 1 amide bonds. The summed E-state index contributed by atoms with van der Waals surface area (Å²) in [5.74, 6) is -0.823. The Labute approximate surface area is 178 Å². The topological polar surface area (TPSA) is 127 Å². The van der Waals surface area contributed by atoms with Crippen LogP contribution in [-0.4, -0.2) is 40.1 Å². The molecule has 2 aromatic carbocycles. The van der Waals surface area contributed by atoms with E-state index in [1.807, 2.05) is 0 Å². The second-order valence-electron chi connectivity index (χ2n) is 6.71. The van der Waals surface area contributed by atoms with Gasteiger partial charge in [-0.15, -0.1) is 0 Å². The largest absolute Gasteiger partial charge is 0.326 e. The van der Waals surface area contributed by atoms with Gasteiger partial charge in [0, 0.05) is 23.2 Å². The van der Waals surface area contributed by atoms with Crippen molar-refractivity contribution >= 4 is 47.6 Å². The van der Waals surface area contributed by atoms with E-state index in [9.17, 15) is 21.6 Å². The van der Waals surface area contributed by atoms with Crippen molar-refractivity contribution in [3.63, 3.8) is 0 Å². The normalized spacial score (nSPS) is 18.3. The summed E-state index contributed by atoms with van der Waals surface area (Å²) >= 11 is 3.28. The van der Waals surface area contributed by atoms with Crippen LogP contribution in [0.4, 0.5) is 5.69 Å². The molecule has 1 aliphatic heterocycles. The molecule has 1 heterocycles. The van der Waals surface area contributed by atoms with Crippen molar-refractivity contribution in [1.82, 2.24) is 4.31 Å². The highest BCUT2D eigenvalue weighted by atomic mass is 79.9. The predicted molar refractivity (Wildman–Crippen MR) is 112 cm³/mol. The lowest BCUT2D eigenvalue weighted by Crippen LogP contribution is -2.43. The van der Waals surface area contributed by atoms with Gasteiger partial charge in [-0.1, -0.05) is 15.9 Å². The fourth-order valence-electron chi connectivity index (χ4n) is 3.10. The van der Waals surface area contributed by atoms with Gasteiger partial charge in [0.2, 0.25) is 26.0 Å². The van der Waals surface area contributed by atoms with E-state index < -0.39 is 26.0 Å². The van der Waals surface area contributed by atoms with Crippen LogP contribution in [0.2, 0.25) is 0 Å². The molecule has 0 aromatic heterocycles. The van der Waals surface area contributed by atoms with Crippen molar-refractivity contribution in [3.05, 3.63) is 53.0 Å². The number of anilines is 1. The number of nitrogens with zero attached hydrogens (tertiary/aromatic N) is 1. The third kappa shape index (κ3) is 5.23. The van der Waals surface area contributed by atoms with Crippen LogP contribution in [0.5, 0.6) is 0 Å². The van der Waals surface area contributed by atoms with E-state index in [0.29, 0.717) is 25.1 Å². The molecule has 0 aliphatic carbocycles. The van der Waals surface area contributed by atoms with Gasteiger partial charge in [-0.05, 0) is 61.4 Å². The number of primary sulfonamides is 1. The first-order chi connectivity index (χ1) is 13.6. The molecule has 3 N–H and O–H groups in total. The Morgan fingerprint density at radius 2 is 1.59 bits per heavy atom. The second kappa shape index (κ2) is 8.52. The number of amides is 1. The van der Waals surface area contributed by atoms with Crippen LogP contribution in [0, 0.1) is 5.92 Å². The summed E-state index contributed by atoms with van der Waals surface area (Å²) in [5, 5.41) is 7.76. The van der Waals surface area contributed by atoms with Gasteiger partial charge in [0.1, 0.15) is 0 Å². The summed E-state index contributed by atoms with van der Waals surface area (Å²) in [4.78, 5) is 12.7. The van der Waals surface area contributed by atoms with Gasteiger partial charge in [-0.3, -0.25) is 4.79 Å². The first kappa shape index (κ1) is 21.9. The Morgan fingerprint density at radius 3 is 2.17 bits per heavy atom. The summed E-state index contributed by atoms with van der Waals surface area (Å²) in [5.41, 5.74) is 0.412. The third-order valence-electron chi connectivity index (χ3n) is 4.66. The lowest BCUT2D eigenvalue weighted by molar-refractivity contribution is -0.120. The summed E-state index contributed by atoms with van der Waals surface area (Å²) in [6, 6.07) is 11.9. The number of hydrogen-bond acceptors (Lipinski definition) is 5. The summed E-state index contributed by atoms with van der Waals surface area (Å²) in [7, 11) is -7.50. The number of carbonyl (C=O) groups excluding carboxylic acids is 1. The van der Waals surface area contributed by atoms with Crippen molar-refractivity contribution in [2.45, 2.75) is 22.6 Å². The number of halogens is 1. The van der Waals surface area contributed by atoms with Crippen LogP contribution < -0.4 is 10.5 Å². The van der Waals surface area contributed by atoms with Crippen molar-refractivity contribution in [1.29, 1.82) is 0 Å². The maximum Gasteiger partial charge on any atom is 0.243 e. The molecule has 0 radical (unpaired) electrons. The Balaban J connectivity index is 1.70. The van der Waals surface area contributed by atoms with E-state index in [0.717, 1.165) is 4.47 Å². The Bertz CT molecular complexity index is 1100. The number of nitrogens with one attached hydrogen (secondary N) is 1. The lowest BCUT2D eigenvalue weighted by atomic mass is 9.99. The number of piperidine rings is 1. The zero-order valence-corrected chi connectivity index (χ0v) is 18.5. The molecule has 29 heavy (non-hydrogen) atoms. The number of sulfonamides is 2. The predicted octanol–water partition coefficient (Wildman–Crippen LogP) is 2.14. The standard InChI is InChI=1S/C18H20BrN3O5S2/c19-14-3-7-17(8-4-14)29(26,27)22-11-1-2-13(12-22)18(23)21-15-5-9-16(10-6-15)28(20,24)25/h3-10,13H,1-2,11-12H2,(H,21,23)(H2,20,24,25)/t13-/m0/s1. The van der Waals surface area contributed by atoms with E-state index >= 15 is 0 Å². The highest BCUT2D eigenvalue weighted by Gasteiger charge is 2.33. The minimum atomic E-state index is -3.81. The molecule has 0 saturated carbocycles. The number of carbonyl (C=O) groups is 1. The van der Waals surface area contributed by atoms with Crippen LogP contribution in [-0.2, 0) is 24.8 Å². The van der Waals surface area contributed by atoms with Gasteiger partial charge >= 0.3 is 0 Å². The van der Waals surface area contributed by atoms with E-state index in [1.54, 1.807) is 12.1 Å². The monoisotopic (exact) mass is 501 g/mol. The highest BCUT2D eigenvalue weighted by Crippen LogP contribution is 2.26. The van der Waals surface area contributed by atoms with E-state index in [-0.39, 0.29) is 22.2 Å². The van der Waals surface area contributed by atoms with Crippen molar-refractivity contribution in [2.75, 3.05) is 18.4 Å². The minimum Gasteiger partial charge on any atom is -0.326 e. The number of benzene rings is 2. The molecule has 3 rings (SSSR count). The summed E-state index contributed by atoms with van der Waals surface area (Å²) in [6.07, 6.45) is 1.13. The number of nitrogens with two attached hydrogens (primary N) is 1. The third-order valence-corrected chi connectivity index (χ3v) is 7.99. The molecule has 0 unspecified atom stereocenters. The molecule has 1 atom stereocenters. The zero-order valence-electron chi connectivity index (χ0n) is 15.3. The first-order valence-electron chi connectivity index (χ1n) is 8.77. The average molecular weight is 502 g/mol. The fourth-order valence-corrected chi connectivity index (χ4v) is 5.41. The Morgan fingerprint density at radius 1 is 1.00 bits per heavy atom. The van der Waals surface area contributed by atoms with Crippen LogP contribution in [0.25, 0.3) is 0 Å². The van der Waals surface area contributed by atoms with Crippen LogP contribution in [0.1, 0.15) is 12.8 Å². The highest BCUT2D eigenvalue weighted by molar-refractivity contribution is 9.10. The average Bonchev–Trinajstić information content (AvgIpc) is 2.68. The second-order valence-corrected chi connectivity index (χ2v) is 11.1. The van der Waals surface area contributed by atoms with Crippen LogP contribution >= 0.6 is 15.9 Å². The summed E-state index contributed by atoms with van der Waals surface area (Å²) < 4.78 is 50.4. The van der Waals surface area contributed by atoms with Gasteiger partial charge < -0.3 is 5.32 Å². The quantitative estimate of drug-likeness (QED) is 0.648. The SMILES string of the molecule is NS(=O)(=O)c1ccc(NC(=O)[C@H]2CCCN(S(=O)(=O)c3ccc(Br)cc3)C2)cc1. The van der Waals surface area contributed by atoms with Crippen molar-refractivity contribution < 1.29 is 21.6 Å². The first-order valence-corrected chi connectivity index (χ1v) is 12.5. The van der Waals surface area contributed by atoms with E-state index in [2.05, 4.69) is 21.2 Å². The molecular formula is C18H20BrN3O5S2. The van der Waals surface area contributed by atoms with Gasteiger partial charge in [-0.25, -0.2) is 22.0 Å². The molecule has 1 aliphatic rings. The molecule has 0 spiro atoms.